The Kier molecular flexibility index (Phi) is 359. The summed E-state index contributed by atoms with van der Waals surface area (Å²) in [4.78, 5) is 0. The van der Waals surface area contributed by atoms with E-state index in [1.54, 1.807) is 0 Å². The highest BCUT2D eigenvalue weighted by Crippen LogP contribution is 1.36. The zero-order chi connectivity index (χ0) is 2.71. The summed E-state index contributed by atoms with van der Waals surface area (Å²) in [5, 5.41) is 0. The maximum atomic E-state index is 2.26. The van der Waals surface area contributed by atoms with Gasteiger partial charge in [-0.1, -0.05) is 35.4 Å². The van der Waals surface area contributed by atoms with Gasteiger partial charge in [0.15, 0.2) is 0 Å². The van der Waals surface area contributed by atoms with Crippen molar-refractivity contribution in [3.8, 4) is 0 Å². The minimum atomic E-state index is 0. The summed E-state index contributed by atoms with van der Waals surface area (Å²) >= 11 is 0. The van der Waals surface area contributed by atoms with Crippen LogP contribution in [0.1, 0.15) is 22.3 Å². The Morgan fingerprint density at radius 1 is 0.833 bits per heavy atom. The van der Waals surface area contributed by atoms with E-state index in [-0.39, 0.29) is 22.3 Å². The van der Waals surface area contributed by atoms with Gasteiger partial charge in [0, 0.05) is 9.52 Å². The average molecular weight is 108 g/mol. The molecule has 0 amide bonds. The SMILES string of the molecule is C.C.C.C[SiH2]C. The molecule has 0 radical (unpaired) electrons. The lowest BCUT2D eigenvalue weighted by Gasteiger charge is -1.45. The smallest absolute Gasteiger partial charge is 0.0135 e. The molecule has 0 bridgehead atoms. The van der Waals surface area contributed by atoms with Crippen LogP contribution >= 0.6 is 0 Å². The lowest BCUT2D eigenvalue weighted by Crippen LogP contribution is -1.53. The van der Waals surface area contributed by atoms with Gasteiger partial charge in [0.25, 0.3) is 0 Å². The summed E-state index contributed by atoms with van der Waals surface area (Å²) in [5.41, 5.74) is 0. The summed E-state index contributed by atoms with van der Waals surface area (Å²) in [6.07, 6.45) is 0. The molecule has 0 aromatic carbocycles. The Hall–Kier alpha value is 0.217. The molecule has 1 heteroatoms. The number of hydrogen-bond donors (Lipinski definition) is 0. The largest absolute Gasteiger partial charge is 0.0776 e. The predicted molar refractivity (Wildman–Crippen MR) is 40.5 cm³/mol. The van der Waals surface area contributed by atoms with Crippen LogP contribution < -0.4 is 0 Å². The van der Waals surface area contributed by atoms with Crippen molar-refractivity contribution in [1.29, 1.82) is 0 Å². The molecular formula is C5H20Si. The van der Waals surface area contributed by atoms with Crippen molar-refractivity contribution in [1.82, 2.24) is 0 Å². The second-order valence-electron chi connectivity index (χ2n) is 0.707. The van der Waals surface area contributed by atoms with Crippen LogP contribution in [0.15, 0.2) is 0 Å². The molecule has 0 N–H and O–H groups in total. The van der Waals surface area contributed by atoms with Gasteiger partial charge >= 0.3 is 0 Å². The molecule has 0 aliphatic heterocycles. The molecule has 0 unspecified atom stereocenters. The topological polar surface area (TPSA) is 0 Å². The van der Waals surface area contributed by atoms with Gasteiger partial charge in [-0.05, 0) is 0 Å². The fourth-order valence-corrected chi connectivity index (χ4v) is 0. The van der Waals surface area contributed by atoms with Crippen LogP contribution in [0, 0.1) is 0 Å². The molecular weight excluding hydrogens is 88.1 g/mol. The van der Waals surface area contributed by atoms with E-state index >= 15 is 0 Å². The molecule has 44 valence electrons. The van der Waals surface area contributed by atoms with Crippen LogP contribution in [0.25, 0.3) is 0 Å². The Morgan fingerprint density at radius 2 is 0.833 bits per heavy atom. The van der Waals surface area contributed by atoms with Crippen molar-refractivity contribution in [2.24, 2.45) is 0 Å². The first kappa shape index (κ1) is 34.4. The van der Waals surface area contributed by atoms with E-state index in [1.165, 1.54) is 0 Å². The molecule has 6 heavy (non-hydrogen) atoms. The van der Waals surface area contributed by atoms with E-state index in [4.69, 9.17) is 0 Å². The van der Waals surface area contributed by atoms with Crippen LogP contribution in [-0.4, -0.2) is 9.52 Å². The Labute approximate surface area is 45.8 Å². The quantitative estimate of drug-likeness (QED) is 0.417. The molecule has 0 aromatic heterocycles. The van der Waals surface area contributed by atoms with Crippen molar-refractivity contribution in [3.63, 3.8) is 0 Å². The fraction of sp³-hybridized carbons (Fsp3) is 1.00. The second-order valence-corrected chi connectivity index (χ2v) is 2.12. The summed E-state index contributed by atoms with van der Waals surface area (Å²) in [7, 11) is 0.417. The molecule has 0 spiro atoms. The molecule has 0 fully saturated rings. The van der Waals surface area contributed by atoms with Gasteiger partial charge < -0.3 is 0 Å². The normalized spacial score (nSPS) is 3.00. The highest BCUT2D eigenvalue weighted by Gasteiger charge is 1.38. The third-order valence-electron chi connectivity index (χ3n) is 0. The first-order valence-electron chi connectivity index (χ1n) is 1.41. The monoisotopic (exact) mass is 108 g/mol. The van der Waals surface area contributed by atoms with E-state index in [0.717, 1.165) is 0 Å². The first-order valence-corrected chi connectivity index (χ1v) is 4.24. The zero-order valence-corrected chi connectivity index (χ0v) is 4.12. The molecule has 0 aliphatic rings. The van der Waals surface area contributed by atoms with Gasteiger partial charge in [-0.2, -0.15) is 0 Å². The lowest BCUT2D eigenvalue weighted by molar-refractivity contribution is 2.14. The third kappa shape index (κ3) is 928. The van der Waals surface area contributed by atoms with Crippen molar-refractivity contribution in [3.05, 3.63) is 0 Å². The molecule has 0 aliphatic carbocycles. The Morgan fingerprint density at radius 3 is 0.833 bits per heavy atom. The van der Waals surface area contributed by atoms with E-state index in [2.05, 4.69) is 13.1 Å². The first-order chi connectivity index (χ1) is 1.41. The van der Waals surface area contributed by atoms with E-state index in [1.807, 2.05) is 0 Å². The van der Waals surface area contributed by atoms with E-state index < -0.39 is 0 Å². The maximum absolute atomic E-state index is 2.26. The molecule has 0 heterocycles. The number of hydrogen-bond acceptors (Lipinski definition) is 0. The predicted octanol–water partition coefficient (Wildman–Crippen LogP) is 2.16. The molecule has 0 atom stereocenters. The standard InChI is InChI=1S/C2H8Si.3CH4/c1-3-2;;;/h3H2,1-2H3;3*1H4. The minimum Gasteiger partial charge on any atom is -0.0776 e. The van der Waals surface area contributed by atoms with Crippen molar-refractivity contribution in [2.45, 2.75) is 35.4 Å². The third-order valence-corrected chi connectivity index (χ3v) is 0. The summed E-state index contributed by atoms with van der Waals surface area (Å²) in [6, 6.07) is 0. The van der Waals surface area contributed by atoms with Crippen LogP contribution in [0.5, 0.6) is 0 Å². The lowest BCUT2D eigenvalue weighted by atomic mass is 11.9. The molecule has 0 saturated carbocycles. The van der Waals surface area contributed by atoms with E-state index in [9.17, 15) is 0 Å². The maximum Gasteiger partial charge on any atom is 0.0135 e. The molecule has 0 aromatic rings. The van der Waals surface area contributed by atoms with Crippen LogP contribution in [0.2, 0.25) is 13.1 Å². The van der Waals surface area contributed by atoms with Crippen LogP contribution in [0.4, 0.5) is 0 Å². The van der Waals surface area contributed by atoms with Gasteiger partial charge in [0.1, 0.15) is 0 Å². The molecule has 0 saturated heterocycles. The van der Waals surface area contributed by atoms with Gasteiger partial charge in [-0.25, -0.2) is 0 Å². The Balaban J connectivity index is -0.00000000667. The molecule has 0 rings (SSSR count). The van der Waals surface area contributed by atoms with Crippen LogP contribution in [0.3, 0.4) is 0 Å². The summed E-state index contributed by atoms with van der Waals surface area (Å²) in [5.74, 6) is 0. The van der Waals surface area contributed by atoms with Crippen molar-refractivity contribution >= 4 is 9.52 Å². The average Bonchev–Trinajstić information content (AvgIpc) is 0.918. The van der Waals surface area contributed by atoms with E-state index in [0.29, 0.717) is 9.52 Å². The fourth-order valence-electron chi connectivity index (χ4n) is 0. The van der Waals surface area contributed by atoms with Crippen molar-refractivity contribution in [2.75, 3.05) is 0 Å². The molecule has 0 nitrogen and oxygen atoms in total. The summed E-state index contributed by atoms with van der Waals surface area (Å²) in [6.45, 7) is 4.53. The van der Waals surface area contributed by atoms with Gasteiger partial charge in [0.2, 0.25) is 0 Å². The van der Waals surface area contributed by atoms with Crippen molar-refractivity contribution < 1.29 is 0 Å². The summed E-state index contributed by atoms with van der Waals surface area (Å²) < 4.78 is 0. The van der Waals surface area contributed by atoms with Gasteiger partial charge in [-0.3, -0.25) is 0 Å². The van der Waals surface area contributed by atoms with Gasteiger partial charge in [-0.15, -0.1) is 0 Å². The highest BCUT2D eigenvalue weighted by atomic mass is 28.2. The number of rotatable bonds is 0. The highest BCUT2D eigenvalue weighted by molar-refractivity contribution is 6.31. The second kappa shape index (κ2) is 62.6. The zero-order valence-electron chi connectivity index (χ0n) is 2.71. The van der Waals surface area contributed by atoms with Crippen LogP contribution in [-0.2, 0) is 0 Å². The Bertz CT molecular complexity index is 3.90. The van der Waals surface area contributed by atoms with Gasteiger partial charge in [0.05, 0.1) is 0 Å². The minimum absolute atomic E-state index is 0.